The lowest BCUT2D eigenvalue weighted by Gasteiger charge is -2.22. The van der Waals surface area contributed by atoms with E-state index in [0.29, 0.717) is 23.4 Å². The Balaban J connectivity index is 1.89. The fourth-order valence-electron chi connectivity index (χ4n) is 3.44. The number of Topliss-reactive ketones (excluding diaryl/α,β-unsaturated/α-hetero) is 2. The molecule has 1 aliphatic rings. The van der Waals surface area contributed by atoms with Crippen LogP contribution in [0.1, 0.15) is 47.5 Å². The number of hydrogen-bond donors (Lipinski definition) is 0. The zero-order valence-corrected chi connectivity index (χ0v) is 13.6. The number of ketones is 2. The van der Waals surface area contributed by atoms with Crippen LogP contribution in [0.4, 0.5) is 0 Å². The van der Waals surface area contributed by atoms with Gasteiger partial charge in [-0.05, 0) is 30.5 Å². The van der Waals surface area contributed by atoms with Crippen LogP contribution in [0.25, 0.3) is 0 Å². The Morgan fingerprint density at radius 2 is 1.91 bits per heavy atom. The van der Waals surface area contributed by atoms with Gasteiger partial charge in [-0.1, -0.05) is 54.1 Å². The summed E-state index contributed by atoms with van der Waals surface area (Å²) in [6, 6.07) is 16.8. The maximum atomic E-state index is 12.6. The van der Waals surface area contributed by atoms with Crippen molar-refractivity contribution in [2.45, 2.75) is 31.6 Å². The molecule has 0 radical (unpaired) electrons. The zero-order valence-electron chi connectivity index (χ0n) is 12.9. The average molecular weight is 327 g/mol. The van der Waals surface area contributed by atoms with Gasteiger partial charge in [0, 0.05) is 35.3 Å². The quantitative estimate of drug-likeness (QED) is 0.719. The first-order valence-corrected chi connectivity index (χ1v) is 8.39. The van der Waals surface area contributed by atoms with Crippen LogP contribution in [0.2, 0.25) is 5.02 Å². The minimum Gasteiger partial charge on any atom is -0.299 e. The van der Waals surface area contributed by atoms with E-state index in [9.17, 15) is 9.59 Å². The van der Waals surface area contributed by atoms with Crippen LogP contribution in [0.15, 0.2) is 54.6 Å². The van der Waals surface area contributed by atoms with Crippen molar-refractivity contribution in [2.24, 2.45) is 5.92 Å². The Bertz CT molecular complexity index is 709. The molecule has 0 saturated heterocycles. The minimum atomic E-state index is -0.0867. The smallest absolute Gasteiger partial charge is 0.163 e. The van der Waals surface area contributed by atoms with Gasteiger partial charge in [-0.25, -0.2) is 0 Å². The summed E-state index contributed by atoms with van der Waals surface area (Å²) < 4.78 is 0. The topological polar surface area (TPSA) is 34.1 Å². The molecule has 0 heterocycles. The van der Waals surface area contributed by atoms with E-state index >= 15 is 0 Å². The third-order valence-corrected chi connectivity index (χ3v) is 4.85. The normalized spacial score (nSPS) is 18.8. The summed E-state index contributed by atoms with van der Waals surface area (Å²) in [6.45, 7) is 0. The summed E-state index contributed by atoms with van der Waals surface area (Å²) >= 11 is 6.12. The Labute approximate surface area is 141 Å². The van der Waals surface area contributed by atoms with Crippen LogP contribution in [-0.2, 0) is 4.79 Å². The van der Waals surface area contributed by atoms with Gasteiger partial charge in [0.15, 0.2) is 5.78 Å². The largest absolute Gasteiger partial charge is 0.299 e. The van der Waals surface area contributed by atoms with Crippen LogP contribution in [0.3, 0.4) is 0 Å². The van der Waals surface area contributed by atoms with Crippen LogP contribution < -0.4 is 0 Å². The summed E-state index contributed by atoms with van der Waals surface area (Å²) in [5.41, 5.74) is 1.69. The van der Waals surface area contributed by atoms with Gasteiger partial charge < -0.3 is 0 Å². The second kappa shape index (κ2) is 7.10. The van der Waals surface area contributed by atoms with Crippen LogP contribution in [0, 0.1) is 5.92 Å². The Hall–Kier alpha value is -1.93. The standard InChI is InChI=1S/C20H19ClO2/c21-16-9-4-8-15(12-16)18(17-10-5-11-19(17)22)13-20(23)14-6-2-1-3-7-14/h1-4,6-9,12,17-18H,5,10-11,13H2/t17-,18-/m0/s1. The highest BCUT2D eigenvalue weighted by atomic mass is 35.5. The van der Waals surface area contributed by atoms with Gasteiger partial charge in [0.05, 0.1) is 0 Å². The molecule has 1 aliphatic carbocycles. The number of benzene rings is 2. The number of carbonyl (C=O) groups is 2. The predicted octanol–water partition coefficient (Wildman–Crippen LogP) is 5.07. The molecule has 0 amide bonds. The van der Waals surface area contributed by atoms with Gasteiger partial charge >= 0.3 is 0 Å². The van der Waals surface area contributed by atoms with Crippen LogP contribution >= 0.6 is 11.6 Å². The van der Waals surface area contributed by atoms with Gasteiger partial charge in [-0.3, -0.25) is 9.59 Å². The van der Waals surface area contributed by atoms with E-state index in [1.807, 2.05) is 54.6 Å². The molecule has 0 unspecified atom stereocenters. The molecule has 23 heavy (non-hydrogen) atoms. The third-order valence-electron chi connectivity index (χ3n) is 4.62. The molecule has 2 aromatic rings. The highest BCUT2D eigenvalue weighted by Crippen LogP contribution is 2.38. The summed E-state index contributed by atoms with van der Waals surface area (Å²) in [7, 11) is 0. The number of hydrogen-bond acceptors (Lipinski definition) is 2. The number of halogens is 1. The minimum absolute atomic E-state index is 0.0684. The van der Waals surface area contributed by atoms with E-state index < -0.39 is 0 Å². The molecule has 3 rings (SSSR count). The fraction of sp³-hybridized carbons (Fsp3) is 0.300. The van der Waals surface area contributed by atoms with Crippen molar-refractivity contribution in [1.29, 1.82) is 0 Å². The first-order chi connectivity index (χ1) is 11.1. The molecule has 1 saturated carbocycles. The van der Waals surface area contributed by atoms with Crippen molar-refractivity contribution < 1.29 is 9.59 Å². The lowest BCUT2D eigenvalue weighted by Crippen LogP contribution is -2.20. The molecular weight excluding hydrogens is 308 g/mol. The first-order valence-electron chi connectivity index (χ1n) is 8.01. The number of carbonyl (C=O) groups excluding carboxylic acids is 2. The van der Waals surface area contributed by atoms with E-state index in [2.05, 4.69) is 0 Å². The molecule has 0 aliphatic heterocycles. The molecule has 2 atom stereocenters. The molecule has 2 aromatic carbocycles. The fourth-order valence-corrected chi connectivity index (χ4v) is 3.64. The van der Waals surface area contributed by atoms with Crippen molar-refractivity contribution in [3.8, 4) is 0 Å². The summed E-state index contributed by atoms with van der Waals surface area (Å²) in [5, 5.41) is 0.644. The summed E-state index contributed by atoms with van der Waals surface area (Å²) in [4.78, 5) is 24.9. The van der Waals surface area contributed by atoms with Gasteiger partial charge in [-0.15, -0.1) is 0 Å². The van der Waals surface area contributed by atoms with Crippen LogP contribution in [0.5, 0.6) is 0 Å². The molecule has 3 heteroatoms. The lowest BCUT2D eigenvalue weighted by atomic mass is 9.80. The van der Waals surface area contributed by atoms with Crippen molar-refractivity contribution in [3.05, 3.63) is 70.7 Å². The van der Waals surface area contributed by atoms with Gasteiger partial charge in [-0.2, -0.15) is 0 Å². The second-order valence-electron chi connectivity index (χ2n) is 6.12. The average Bonchev–Trinajstić information content (AvgIpc) is 2.99. The van der Waals surface area contributed by atoms with E-state index in [1.165, 1.54) is 0 Å². The van der Waals surface area contributed by atoms with E-state index in [1.54, 1.807) is 0 Å². The van der Waals surface area contributed by atoms with Gasteiger partial charge in [0.25, 0.3) is 0 Å². The predicted molar refractivity (Wildman–Crippen MR) is 91.9 cm³/mol. The molecule has 1 fully saturated rings. The Kier molecular flexibility index (Phi) is 4.92. The molecule has 0 N–H and O–H groups in total. The highest BCUT2D eigenvalue weighted by Gasteiger charge is 2.34. The SMILES string of the molecule is O=C(C[C@@H](c1cccc(Cl)c1)[C@@H]1CCCC1=O)c1ccccc1. The molecule has 118 valence electrons. The van der Waals surface area contributed by atoms with Crippen molar-refractivity contribution in [1.82, 2.24) is 0 Å². The first kappa shape index (κ1) is 15.9. The van der Waals surface area contributed by atoms with Crippen molar-refractivity contribution in [2.75, 3.05) is 0 Å². The molecule has 2 nitrogen and oxygen atoms in total. The maximum absolute atomic E-state index is 12.6. The molecule has 0 spiro atoms. The lowest BCUT2D eigenvalue weighted by molar-refractivity contribution is -0.121. The highest BCUT2D eigenvalue weighted by molar-refractivity contribution is 6.30. The molecule has 0 bridgehead atoms. The van der Waals surface area contributed by atoms with Crippen molar-refractivity contribution in [3.63, 3.8) is 0 Å². The monoisotopic (exact) mass is 326 g/mol. The Morgan fingerprint density at radius 3 is 2.57 bits per heavy atom. The summed E-state index contributed by atoms with van der Waals surface area (Å²) in [5.74, 6) is 0.198. The Morgan fingerprint density at radius 1 is 1.13 bits per heavy atom. The zero-order chi connectivity index (χ0) is 16.2. The summed E-state index contributed by atoms with van der Waals surface area (Å²) in [6.07, 6.45) is 2.75. The third kappa shape index (κ3) is 3.70. The maximum Gasteiger partial charge on any atom is 0.163 e. The van der Waals surface area contributed by atoms with Gasteiger partial charge in [0.1, 0.15) is 5.78 Å². The van der Waals surface area contributed by atoms with E-state index in [0.717, 1.165) is 18.4 Å². The second-order valence-corrected chi connectivity index (χ2v) is 6.56. The molecule has 0 aromatic heterocycles. The van der Waals surface area contributed by atoms with E-state index in [-0.39, 0.29) is 23.4 Å². The number of rotatable bonds is 5. The molecular formula is C20H19ClO2. The van der Waals surface area contributed by atoms with Crippen molar-refractivity contribution >= 4 is 23.2 Å². The van der Waals surface area contributed by atoms with Gasteiger partial charge in [0.2, 0.25) is 0 Å². The van der Waals surface area contributed by atoms with E-state index in [4.69, 9.17) is 11.6 Å². The van der Waals surface area contributed by atoms with Crippen LogP contribution in [-0.4, -0.2) is 11.6 Å².